The molecule has 0 aliphatic carbocycles. The lowest BCUT2D eigenvalue weighted by Crippen LogP contribution is -2.46. The predicted molar refractivity (Wildman–Crippen MR) is 119 cm³/mol. The second-order valence-corrected chi connectivity index (χ2v) is 7.76. The van der Waals surface area contributed by atoms with E-state index in [0.29, 0.717) is 6.54 Å². The normalized spacial score (nSPS) is 14.9. The van der Waals surface area contributed by atoms with Gasteiger partial charge >= 0.3 is 0 Å². The number of anilines is 1. The van der Waals surface area contributed by atoms with E-state index in [-0.39, 0.29) is 11.4 Å². The van der Waals surface area contributed by atoms with Crippen molar-refractivity contribution in [3.8, 4) is 5.69 Å². The first kappa shape index (κ1) is 20.4. The van der Waals surface area contributed by atoms with Crippen molar-refractivity contribution >= 4 is 5.69 Å². The summed E-state index contributed by atoms with van der Waals surface area (Å²) in [4.78, 5) is 17.3. The van der Waals surface area contributed by atoms with Crippen LogP contribution in [0.15, 0.2) is 65.5 Å². The van der Waals surface area contributed by atoms with Crippen LogP contribution in [0.3, 0.4) is 0 Å². The van der Waals surface area contributed by atoms with Gasteiger partial charge in [0.2, 0.25) is 0 Å². The van der Waals surface area contributed by atoms with Gasteiger partial charge in [0.15, 0.2) is 0 Å². The van der Waals surface area contributed by atoms with E-state index in [9.17, 15) is 9.18 Å². The van der Waals surface area contributed by atoms with Gasteiger partial charge in [0.05, 0.1) is 5.69 Å². The SMILES string of the molecule is CCc1cc(=O)n(CCCN2CCN(c3ccc(F)cc3)CC2)n1-c1ccccc1. The molecule has 0 saturated carbocycles. The van der Waals surface area contributed by atoms with Gasteiger partial charge in [-0.2, -0.15) is 0 Å². The highest BCUT2D eigenvalue weighted by molar-refractivity contribution is 5.46. The second kappa shape index (κ2) is 9.30. The van der Waals surface area contributed by atoms with E-state index in [4.69, 9.17) is 0 Å². The van der Waals surface area contributed by atoms with Crippen molar-refractivity contribution in [3.63, 3.8) is 0 Å². The molecule has 1 aliphatic rings. The van der Waals surface area contributed by atoms with Crippen LogP contribution >= 0.6 is 0 Å². The number of aromatic nitrogens is 2. The van der Waals surface area contributed by atoms with E-state index in [1.54, 1.807) is 6.07 Å². The molecule has 1 saturated heterocycles. The minimum atomic E-state index is -0.195. The number of halogens is 1. The van der Waals surface area contributed by atoms with Crippen LogP contribution in [0.5, 0.6) is 0 Å². The first-order valence-electron chi connectivity index (χ1n) is 10.8. The second-order valence-electron chi connectivity index (χ2n) is 7.76. The van der Waals surface area contributed by atoms with Gasteiger partial charge in [-0.25, -0.2) is 9.07 Å². The van der Waals surface area contributed by atoms with E-state index in [0.717, 1.165) is 62.6 Å². The van der Waals surface area contributed by atoms with Gasteiger partial charge < -0.3 is 4.90 Å². The third-order valence-electron chi connectivity index (χ3n) is 5.83. The average Bonchev–Trinajstić information content (AvgIpc) is 3.11. The van der Waals surface area contributed by atoms with Gasteiger partial charge in [-0.15, -0.1) is 0 Å². The van der Waals surface area contributed by atoms with Crippen molar-refractivity contribution in [2.24, 2.45) is 0 Å². The van der Waals surface area contributed by atoms with E-state index >= 15 is 0 Å². The monoisotopic (exact) mass is 408 g/mol. The molecule has 0 radical (unpaired) electrons. The Balaban J connectivity index is 1.35. The third kappa shape index (κ3) is 4.49. The molecule has 0 unspecified atom stereocenters. The summed E-state index contributed by atoms with van der Waals surface area (Å²) in [5.74, 6) is -0.195. The zero-order valence-electron chi connectivity index (χ0n) is 17.5. The first-order chi connectivity index (χ1) is 14.7. The van der Waals surface area contributed by atoms with E-state index in [1.807, 2.05) is 47.1 Å². The molecule has 2 aromatic carbocycles. The lowest BCUT2D eigenvalue weighted by Gasteiger charge is -2.36. The number of piperazine rings is 1. The topological polar surface area (TPSA) is 33.4 Å². The number of aryl methyl sites for hydroxylation is 1. The molecule has 4 rings (SSSR count). The van der Waals surface area contributed by atoms with Gasteiger partial charge in [0.1, 0.15) is 5.82 Å². The number of rotatable bonds is 7. The molecule has 1 aromatic heterocycles. The van der Waals surface area contributed by atoms with Crippen LogP contribution in [-0.2, 0) is 13.0 Å². The van der Waals surface area contributed by atoms with Crippen molar-refractivity contribution < 1.29 is 4.39 Å². The first-order valence-corrected chi connectivity index (χ1v) is 10.8. The summed E-state index contributed by atoms with van der Waals surface area (Å²) < 4.78 is 17.1. The molecule has 0 N–H and O–H groups in total. The molecule has 5 nitrogen and oxygen atoms in total. The van der Waals surface area contributed by atoms with Crippen LogP contribution in [-0.4, -0.2) is 47.0 Å². The van der Waals surface area contributed by atoms with Crippen LogP contribution in [0.2, 0.25) is 0 Å². The maximum atomic E-state index is 13.1. The fourth-order valence-corrected chi connectivity index (χ4v) is 4.19. The summed E-state index contributed by atoms with van der Waals surface area (Å²) in [6.07, 6.45) is 1.75. The lowest BCUT2D eigenvalue weighted by molar-refractivity contribution is 0.247. The molecule has 1 fully saturated rings. The third-order valence-corrected chi connectivity index (χ3v) is 5.83. The molecule has 2 heterocycles. The highest BCUT2D eigenvalue weighted by Crippen LogP contribution is 2.17. The number of benzene rings is 2. The summed E-state index contributed by atoms with van der Waals surface area (Å²) in [5.41, 5.74) is 3.22. The summed E-state index contributed by atoms with van der Waals surface area (Å²) in [6, 6.07) is 18.6. The van der Waals surface area contributed by atoms with Gasteiger partial charge in [-0.05, 0) is 49.2 Å². The fourth-order valence-electron chi connectivity index (χ4n) is 4.19. The molecule has 0 amide bonds. The molecule has 0 bridgehead atoms. The quantitative estimate of drug-likeness (QED) is 0.600. The van der Waals surface area contributed by atoms with Crippen molar-refractivity contribution in [2.45, 2.75) is 26.3 Å². The van der Waals surface area contributed by atoms with Crippen molar-refractivity contribution in [1.29, 1.82) is 0 Å². The van der Waals surface area contributed by atoms with Crippen molar-refractivity contribution in [1.82, 2.24) is 14.3 Å². The highest BCUT2D eigenvalue weighted by atomic mass is 19.1. The smallest absolute Gasteiger partial charge is 0.267 e. The Morgan fingerprint density at radius 3 is 2.23 bits per heavy atom. The maximum Gasteiger partial charge on any atom is 0.267 e. The van der Waals surface area contributed by atoms with Crippen molar-refractivity contribution in [3.05, 3.63) is 82.5 Å². The van der Waals surface area contributed by atoms with Gasteiger partial charge in [0.25, 0.3) is 5.56 Å². The lowest BCUT2D eigenvalue weighted by atomic mass is 10.2. The Kier molecular flexibility index (Phi) is 6.33. The molecule has 1 aliphatic heterocycles. The minimum Gasteiger partial charge on any atom is -0.369 e. The summed E-state index contributed by atoms with van der Waals surface area (Å²) in [7, 11) is 0. The van der Waals surface area contributed by atoms with Gasteiger partial charge in [0, 0.05) is 56.7 Å². The molecular formula is C24H29FN4O. The zero-order chi connectivity index (χ0) is 20.9. The number of para-hydroxylation sites is 1. The Morgan fingerprint density at radius 1 is 0.867 bits per heavy atom. The van der Waals surface area contributed by atoms with Crippen LogP contribution in [0.1, 0.15) is 19.0 Å². The molecule has 0 atom stereocenters. The van der Waals surface area contributed by atoms with Crippen molar-refractivity contribution in [2.75, 3.05) is 37.6 Å². The summed E-state index contributed by atoms with van der Waals surface area (Å²) >= 11 is 0. The Labute approximate surface area is 176 Å². The maximum absolute atomic E-state index is 13.1. The largest absolute Gasteiger partial charge is 0.369 e. The summed E-state index contributed by atoms with van der Waals surface area (Å²) in [5, 5.41) is 0. The predicted octanol–water partition coefficient (Wildman–Crippen LogP) is 3.55. The summed E-state index contributed by atoms with van der Waals surface area (Å²) in [6.45, 7) is 7.58. The zero-order valence-corrected chi connectivity index (χ0v) is 17.5. The minimum absolute atomic E-state index is 0.0665. The molecule has 0 spiro atoms. The Morgan fingerprint density at radius 2 is 1.57 bits per heavy atom. The molecular weight excluding hydrogens is 379 g/mol. The molecule has 6 heteroatoms. The molecule has 30 heavy (non-hydrogen) atoms. The van der Waals surface area contributed by atoms with Gasteiger partial charge in [-0.3, -0.25) is 14.4 Å². The number of hydrogen-bond donors (Lipinski definition) is 0. The van der Waals surface area contributed by atoms with Crippen LogP contribution in [0, 0.1) is 5.82 Å². The number of nitrogens with zero attached hydrogens (tertiary/aromatic N) is 4. The molecule has 158 valence electrons. The Bertz CT molecular complexity index is 1000. The van der Waals surface area contributed by atoms with E-state index in [2.05, 4.69) is 21.4 Å². The Hall–Kier alpha value is -2.86. The van der Waals surface area contributed by atoms with E-state index in [1.165, 1.54) is 12.1 Å². The standard InChI is InChI=1S/C24H29FN4O/c1-2-21-19-24(30)28(29(21)23-7-4-3-5-8-23)14-6-13-26-15-17-27(18-16-26)22-11-9-20(25)10-12-22/h3-5,7-12,19H,2,6,13-18H2,1H3. The van der Waals surface area contributed by atoms with Crippen LogP contribution < -0.4 is 10.5 Å². The average molecular weight is 409 g/mol. The molecule has 3 aromatic rings. The van der Waals surface area contributed by atoms with Crippen LogP contribution in [0.25, 0.3) is 5.69 Å². The van der Waals surface area contributed by atoms with E-state index < -0.39 is 0 Å². The highest BCUT2D eigenvalue weighted by Gasteiger charge is 2.17. The fraction of sp³-hybridized carbons (Fsp3) is 0.375. The van der Waals surface area contributed by atoms with Crippen LogP contribution in [0.4, 0.5) is 10.1 Å². The number of hydrogen-bond acceptors (Lipinski definition) is 3. The van der Waals surface area contributed by atoms with Gasteiger partial charge in [-0.1, -0.05) is 25.1 Å².